The third-order valence-electron chi connectivity index (χ3n) is 2.25. The summed E-state index contributed by atoms with van der Waals surface area (Å²) in [6.07, 6.45) is 1.66. The fourth-order valence-electron chi connectivity index (χ4n) is 1.49. The van der Waals surface area contributed by atoms with E-state index in [4.69, 9.17) is 11.6 Å². The molecule has 0 fully saturated rings. The second kappa shape index (κ2) is 3.99. The Kier molecular flexibility index (Phi) is 2.69. The van der Waals surface area contributed by atoms with Crippen LogP contribution in [0.25, 0.3) is 11.1 Å². The molecule has 0 saturated carbocycles. The minimum absolute atomic E-state index is 0.253. The molecule has 3 heteroatoms. The topological polar surface area (TPSA) is 12.9 Å². The first-order valence-electron chi connectivity index (χ1n) is 4.55. The summed E-state index contributed by atoms with van der Waals surface area (Å²) in [5.41, 5.74) is 2.77. The lowest BCUT2D eigenvalue weighted by molar-refractivity contribution is 0.628. The molecule has 0 aliphatic rings. The Labute approximate surface area is 92.5 Å². The Balaban J connectivity index is 2.58. The lowest BCUT2D eigenvalue weighted by Gasteiger charge is -2.06. The highest BCUT2D eigenvalue weighted by Crippen LogP contribution is 2.29. The molecule has 0 amide bonds. The first-order valence-corrected chi connectivity index (χ1v) is 4.93. The predicted molar refractivity (Wildman–Crippen MR) is 59.4 cm³/mol. The molecule has 0 atom stereocenters. The lowest BCUT2D eigenvalue weighted by atomic mass is 10.0. The molecule has 1 nitrogen and oxygen atoms in total. The van der Waals surface area contributed by atoms with Gasteiger partial charge < -0.3 is 0 Å². The molecule has 1 heterocycles. The van der Waals surface area contributed by atoms with Crippen LogP contribution >= 0.6 is 11.6 Å². The minimum Gasteiger partial charge on any atom is -0.244 e. The van der Waals surface area contributed by atoms with Crippen LogP contribution in [0.2, 0.25) is 5.15 Å². The molecule has 0 N–H and O–H groups in total. The molecular weight excluding hydrogens is 213 g/mol. The van der Waals surface area contributed by atoms with E-state index in [1.54, 1.807) is 18.3 Å². The van der Waals surface area contributed by atoms with Gasteiger partial charge in [-0.05, 0) is 36.2 Å². The summed E-state index contributed by atoms with van der Waals surface area (Å²) in [6, 6.07) is 8.11. The van der Waals surface area contributed by atoms with E-state index in [2.05, 4.69) is 4.98 Å². The fourth-order valence-corrected chi connectivity index (χ4v) is 1.80. The van der Waals surface area contributed by atoms with Gasteiger partial charge in [0.15, 0.2) is 0 Å². The van der Waals surface area contributed by atoms with Gasteiger partial charge in [-0.15, -0.1) is 0 Å². The fraction of sp³-hybridized carbons (Fsp3) is 0.0833. The highest BCUT2D eigenvalue weighted by atomic mass is 35.5. The molecular formula is C12H9ClFN. The summed E-state index contributed by atoms with van der Waals surface area (Å²) < 4.78 is 12.8. The van der Waals surface area contributed by atoms with E-state index in [0.29, 0.717) is 5.15 Å². The van der Waals surface area contributed by atoms with Crippen molar-refractivity contribution < 1.29 is 4.39 Å². The number of halogens is 2. The Bertz CT molecular complexity index is 459. The van der Waals surface area contributed by atoms with Gasteiger partial charge in [0.2, 0.25) is 0 Å². The lowest BCUT2D eigenvalue weighted by Crippen LogP contribution is -1.87. The molecule has 0 aliphatic carbocycles. The number of hydrogen-bond donors (Lipinski definition) is 0. The Morgan fingerprint density at radius 1 is 1.13 bits per heavy atom. The first-order chi connectivity index (χ1) is 7.18. The normalized spacial score (nSPS) is 10.3. The van der Waals surface area contributed by atoms with Gasteiger partial charge in [0.25, 0.3) is 0 Å². The van der Waals surface area contributed by atoms with Crippen LogP contribution in [-0.2, 0) is 0 Å². The van der Waals surface area contributed by atoms with Gasteiger partial charge in [-0.25, -0.2) is 9.37 Å². The van der Waals surface area contributed by atoms with Gasteiger partial charge in [-0.1, -0.05) is 23.7 Å². The van der Waals surface area contributed by atoms with Crippen LogP contribution in [0.3, 0.4) is 0 Å². The van der Waals surface area contributed by atoms with Crippen molar-refractivity contribution in [3.63, 3.8) is 0 Å². The van der Waals surface area contributed by atoms with Crippen molar-refractivity contribution in [2.24, 2.45) is 0 Å². The quantitative estimate of drug-likeness (QED) is 0.667. The van der Waals surface area contributed by atoms with Crippen molar-refractivity contribution in [2.75, 3.05) is 0 Å². The van der Waals surface area contributed by atoms with E-state index in [-0.39, 0.29) is 5.82 Å². The molecule has 0 bridgehead atoms. The van der Waals surface area contributed by atoms with Crippen LogP contribution in [0.4, 0.5) is 4.39 Å². The molecule has 0 unspecified atom stereocenters. The summed E-state index contributed by atoms with van der Waals surface area (Å²) in [7, 11) is 0. The number of nitrogens with zero attached hydrogens (tertiary/aromatic N) is 1. The van der Waals surface area contributed by atoms with Crippen LogP contribution in [-0.4, -0.2) is 4.98 Å². The van der Waals surface area contributed by atoms with Crippen molar-refractivity contribution in [1.29, 1.82) is 0 Å². The first kappa shape index (κ1) is 10.1. The monoisotopic (exact) mass is 221 g/mol. The SMILES string of the molecule is Cc1ccnc(Cl)c1-c1ccc(F)cc1. The summed E-state index contributed by atoms with van der Waals surface area (Å²) in [4.78, 5) is 4.01. The van der Waals surface area contributed by atoms with Crippen molar-refractivity contribution in [3.05, 3.63) is 53.1 Å². The third kappa shape index (κ3) is 2.00. The maximum absolute atomic E-state index is 12.8. The molecule has 1 aromatic heterocycles. The Hall–Kier alpha value is -1.41. The van der Waals surface area contributed by atoms with Gasteiger partial charge in [0.1, 0.15) is 11.0 Å². The van der Waals surface area contributed by atoms with Gasteiger partial charge in [0.05, 0.1) is 0 Å². The van der Waals surface area contributed by atoms with Crippen LogP contribution in [0.5, 0.6) is 0 Å². The predicted octanol–water partition coefficient (Wildman–Crippen LogP) is 3.85. The van der Waals surface area contributed by atoms with Gasteiger partial charge >= 0.3 is 0 Å². The van der Waals surface area contributed by atoms with E-state index < -0.39 is 0 Å². The third-order valence-corrected chi connectivity index (χ3v) is 2.53. The van der Waals surface area contributed by atoms with Crippen molar-refractivity contribution >= 4 is 11.6 Å². The zero-order chi connectivity index (χ0) is 10.8. The number of benzene rings is 1. The van der Waals surface area contributed by atoms with Crippen molar-refractivity contribution in [1.82, 2.24) is 4.98 Å². The smallest absolute Gasteiger partial charge is 0.137 e. The van der Waals surface area contributed by atoms with E-state index in [9.17, 15) is 4.39 Å². The Morgan fingerprint density at radius 2 is 1.80 bits per heavy atom. The molecule has 2 rings (SSSR count). The standard InChI is InChI=1S/C12H9ClFN/c1-8-6-7-15-12(13)11(8)9-2-4-10(14)5-3-9/h2-7H,1H3. The average molecular weight is 222 g/mol. The number of aryl methyl sites for hydroxylation is 1. The van der Waals surface area contributed by atoms with Crippen molar-refractivity contribution in [3.8, 4) is 11.1 Å². The average Bonchev–Trinajstić information content (AvgIpc) is 2.20. The van der Waals surface area contributed by atoms with Crippen LogP contribution in [0, 0.1) is 12.7 Å². The number of rotatable bonds is 1. The van der Waals surface area contributed by atoms with Crippen molar-refractivity contribution in [2.45, 2.75) is 6.92 Å². The number of aromatic nitrogens is 1. The zero-order valence-electron chi connectivity index (χ0n) is 8.17. The molecule has 0 spiro atoms. The highest BCUT2D eigenvalue weighted by Gasteiger charge is 2.07. The summed E-state index contributed by atoms with van der Waals surface area (Å²) >= 11 is 6.00. The number of hydrogen-bond acceptors (Lipinski definition) is 1. The Morgan fingerprint density at radius 3 is 2.40 bits per heavy atom. The summed E-state index contributed by atoms with van der Waals surface area (Å²) in [6.45, 7) is 1.95. The minimum atomic E-state index is -0.253. The second-order valence-electron chi connectivity index (χ2n) is 3.30. The van der Waals surface area contributed by atoms with E-state index in [1.807, 2.05) is 13.0 Å². The highest BCUT2D eigenvalue weighted by molar-refractivity contribution is 6.32. The number of pyridine rings is 1. The van der Waals surface area contributed by atoms with E-state index in [1.165, 1.54) is 12.1 Å². The molecule has 2 aromatic rings. The zero-order valence-corrected chi connectivity index (χ0v) is 8.92. The molecule has 15 heavy (non-hydrogen) atoms. The molecule has 0 saturated heterocycles. The van der Waals surface area contributed by atoms with Gasteiger partial charge in [-0.3, -0.25) is 0 Å². The second-order valence-corrected chi connectivity index (χ2v) is 3.66. The summed E-state index contributed by atoms with van der Waals surface area (Å²) in [5.74, 6) is -0.253. The maximum Gasteiger partial charge on any atom is 0.137 e. The van der Waals surface area contributed by atoms with Crippen LogP contribution in [0.15, 0.2) is 36.5 Å². The van der Waals surface area contributed by atoms with E-state index in [0.717, 1.165) is 16.7 Å². The van der Waals surface area contributed by atoms with Gasteiger partial charge in [0, 0.05) is 11.8 Å². The molecule has 1 aromatic carbocycles. The van der Waals surface area contributed by atoms with E-state index >= 15 is 0 Å². The largest absolute Gasteiger partial charge is 0.244 e. The molecule has 0 radical (unpaired) electrons. The summed E-state index contributed by atoms with van der Waals surface area (Å²) in [5, 5.41) is 0.446. The maximum atomic E-state index is 12.8. The van der Waals surface area contributed by atoms with Crippen LogP contribution < -0.4 is 0 Å². The van der Waals surface area contributed by atoms with Crippen LogP contribution in [0.1, 0.15) is 5.56 Å². The molecule has 0 aliphatic heterocycles. The van der Waals surface area contributed by atoms with Gasteiger partial charge in [-0.2, -0.15) is 0 Å². The molecule has 76 valence electrons.